The highest BCUT2D eigenvalue weighted by molar-refractivity contribution is 5.47. The molecule has 0 saturated carbocycles. The summed E-state index contributed by atoms with van der Waals surface area (Å²) >= 11 is 0. The van der Waals surface area contributed by atoms with Crippen LogP contribution in [0.2, 0.25) is 0 Å². The van der Waals surface area contributed by atoms with Crippen LogP contribution in [0.3, 0.4) is 0 Å². The van der Waals surface area contributed by atoms with E-state index >= 15 is 0 Å². The number of aryl methyl sites for hydroxylation is 3. The molecule has 3 aromatic rings. The van der Waals surface area contributed by atoms with Crippen LogP contribution in [-0.2, 0) is 13.5 Å². The minimum absolute atomic E-state index is 0.0592. The molecule has 0 amide bonds. The van der Waals surface area contributed by atoms with Gasteiger partial charge in [0.15, 0.2) is 0 Å². The van der Waals surface area contributed by atoms with E-state index < -0.39 is 0 Å². The highest BCUT2D eigenvalue weighted by Crippen LogP contribution is 2.26. The fourth-order valence-electron chi connectivity index (χ4n) is 2.81. The number of nitrogens with one attached hydrogen (secondary N) is 1. The van der Waals surface area contributed by atoms with E-state index in [-0.39, 0.29) is 6.04 Å². The van der Waals surface area contributed by atoms with E-state index in [2.05, 4.69) is 39.3 Å². The Morgan fingerprint density at radius 2 is 1.96 bits per heavy atom. The van der Waals surface area contributed by atoms with Gasteiger partial charge in [0.25, 0.3) is 0 Å². The van der Waals surface area contributed by atoms with Crippen LogP contribution in [0, 0.1) is 6.92 Å². The van der Waals surface area contributed by atoms with E-state index in [1.54, 1.807) is 0 Å². The Morgan fingerprint density at radius 1 is 1.17 bits per heavy atom. The molecule has 2 aromatic heterocycles. The van der Waals surface area contributed by atoms with Crippen LogP contribution in [0.1, 0.15) is 42.2 Å². The number of hydrogen-bond donors (Lipinski definition) is 1. The van der Waals surface area contributed by atoms with Crippen molar-refractivity contribution < 1.29 is 0 Å². The average molecular weight is 321 g/mol. The summed E-state index contributed by atoms with van der Waals surface area (Å²) < 4.78 is 2.04. The zero-order chi connectivity index (χ0) is 16.9. The second-order valence-corrected chi connectivity index (χ2v) is 5.93. The number of benzene rings is 1. The van der Waals surface area contributed by atoms with Crippen LogP contribution in [0.4, 0.5) is 5.82 Å². The maximum atomic E-state index is 4.64. The van der Waals surface area contributed by atoms with Gasteiger partial charge >= 0.3 is 0 Å². The number of aromatic nitrogens is 4. The van der Waals surface area contributed by atoms with E-state index in [4.69, 9.17) is 0 Å². The molecule has 5 nitrogen and oxygen atoms in total. The van der Waals surface area contributed by atoms with Gasteiger partial charge in [-0.05, 0) is 18.9 Å². The fraction of sp³-hybridized carbons (Fsp3) is 0.316. The van der Waals surface area contributed by atoms with Crippen molar-refractivity contribution >= 4 is 5.82 Å². The molecule has 0 aliphatic carbocycles. The average Bonchev–Trinajstić information content (AvgIpc) is 3.01. The zero-order valence-electron chi connectivity index (χ0n) is 14.4. The number of nitrogens with zero attached hydrogens (tertiary/aromatic N) is 4. The van der Waals surface area contributed by atoms with Gasteiger partial charge in [0.1, 0.15) is 23.5 Å². The van der Waals surface area contributed by atoms with Gasteiger partial charge in [-0.15, -0.1) is 0 Å². The molecular formula is C19H23N5. The van der Waals surface area contributed by atoms with Crippen LogP contribution < -0.4 is 5.32 Å². The first-order valence-corrected chi connectivity index (χ1v) is 8.30. The molecule has 1 unspecified atom stereocenters. The largest absolute Gasteiger partial charge is 0.356 e. The fourth-order valence-corrected chi connectivity index (χ4v) is 2.81. The lowest BCUT2D eigenvalue weighted by molar-refractivity contribution is 0.741. The first kappa shape index (κ1) is 16.2. The van der Waals surface area contributed by atoms with Crippen molar-refractivity contribution in [2.45, 2.75) is 32.7 Å². The van der Waals surface area contributed by atoms with Crippen LogP contribution in [0.25, 0.3) is 0 Å². The number of hydrogen-bond acceptors (Lipinski definition) is 4. The molecule has 1 atom stereocenters. The highest BCUT2D eigenvalue weighted by atomic mass is 15.1. The molecule has 0 aliphatic rings. The minimum atomic E-state index is -0.0592. The van der Waals surface area contributed by atoms with Gasteiger partial charge < -0.3 is 9.88 Å². The SMILES string of the molecule is CCCc1cnc(C)nc1NC(c1ccccc1)c1nccn1C. The van der Waals surface area contributed by atoms with E-state index in [0.29, 0.717) is 0 Å². The van der Waals surface area contributed by atoms with E-state index in [9.17, 15) is 0 Å². The summed E-state index contributed by atoms with van der Waals surface area (Å²) in [4.78, 5) is 13.5. The molecule has 0 fully saturated rings. The molecule has 0 spiro atoms. The topological polar surface area (TPSA) is 55.6 Å². The normalized spacial score (nSPS) is 12.1. The quantitative estimate of drug-likeness (QED) is 0.752. The Hall–Kier alpha value is -2.69. The smallest absolute Gasteiger partial charge is 0.135 e. The number of rotatable bonds is 6. The molecule has 0 radical (unpaired) electrons. The lowest BCUT2D eigenvalue weighted by atomic mass is 10.1. The Balaban J connectivity index is 2.02. The Kier molecular flexibility index (Phi) is 4.89. The maximum Gasteiger partial charge on any atom is 0.135 e. The van der Waals surface area contributed by atoms with E-state index in [1.807, 2.05) is 55.3 Å². The minimum Gasteiger partial charge on any atom is -0.356 e. The molecule has 3 rings (SSSR count). The van der Waals surface area contributed by atoms with Gasteiger partial charge in [-0.3, -0.25) is 0 Å². The monoisotopic (exact) mass is 321 g/mol. The summed E-state index contributed by atoms with van der Waals surface area (Å²) in [6.45, 7) is 4.08. The van der Waals surface area contributed by atoms with Crippen LogP contribution in [-0.4, -0.2) is 19.5 Å². The van der Waals surface area contributed by atoms with E-state index in [0.717, 1.165) is 41.4 Å². The van der Waals surface area contributed by atoms with Crippen LogP contribution in [0.5, 0.6) is 0 Å². The van der Waals surface area contributed by atoms with Gasteiger partial charge in [0.05, 0.1) is 0 Å². The van der Waals surface area contributed by atoms with Gasteiger partial charge in [-0.1, -0.05) is 43.7 Å². The lowest BCUT2D eigenvalue weighted by Gasteiger charge is -2.21. The molecule has 0 aliphatic heterocycles. The van der Waals surface area contributed by atoms with Gasteiger partial charge in [0.2, 0.25) is 0 Å². The van der Waals surface area contributed by atoms with Gasteiger partial charge in [-0.25, -0.2) is 15.0 Å². The molecule has 1 aromatic carbocycles. The van der Waals surface area contributed by atoms with Crippen molar-refractivity contribution in [3.05, 3.63) is 71.7 Å². The van der Waals surface area contributed by atoms with Crippen LogP contribution in [0.15, 0.2) is 48.9 Å². The Bertz CT molecular complexity index is 795. The summed E-state index contributed by atoms with van der Waals surface area (Å²) in [5.74, 6) is 2.62. The highest BCUT2D eigenvalue weighted by Gasteiger charge is 2.20. The standard InChI is InChI=1S/C19H23N5/c1-4-8-16-13-21-14(2)22-18(16)23-17(15-9-6-5-7-10-15)19-20-11-12-24(19)3/h5-7,9-13,17H,4,8H2,1-3H3,(H,21,22,23). The summed E-state index contributed by atoms with van der Waals surface area (Å²) in [7, 11) is 2.01. The zero-order valence-corrected chi connectivity index (χ0v) is 14.4. The van der Waals surface area contributed by atoms with Crippen molar-refractivity contribution in [3.63, 3.8) is 0 Å². The van der Waals surface area contributed by atoms with Crippen molar-refractivity contribution in [1.29, 1.82) is 0 Å². The number of imidazole rings is 1. The molecule has 24 heavy (non-hydrogen) atoms. The molecule has 124 valence electrons. The van der Waals surface area contributed by atoms with Crippen molar-refractivity contribution in [2.24, 2.45) is 7.05 Å². The Labute approximate surface area is 142 Å². The summed E-state index contributed by atoms with van der Waals surface area (Å²) in [5, 5.41) is 3.60. The molecule has 5 heteroatoms. The maximum absolute atomic E-state index is 4.64. The number of anilines is 1. The van der Waals surface area contributed by atoms with E-state index in [1.165, 1.54) is 0 Å². The second-order valence-electron chi connectivity index (χ2n) is 5.93. The van der Waals surface area contributed by atoms with Crippen molar-refractivity contribution in [2.75, 3.05) is 5.32 Å². The Morgan fingerprint density at radius 3 is 2.62 bits per heavy atom. The summed E-state index contributed by atoms with van der Waals surface area (Å²) in [6, 6.07) is 10.3. The summed E-state index contributed by atoms with van der Waals surface area (Å²) in [5.41, 5.74) is 2.30. The first-order chi connectivity index (χ1) is 11.7. The first-order valence-electron chi connectivity index (χ1n) is 8.30. The molecule has 0 bridgehead atoms. The predicted molar refractivity (Wildman–Crippen MR) is 95.9 cm³/mol. The molecular weight excluding hydrogens is 298 g/mol. The third-order valence-corrected chi connectivity index (χ3v) is 4.03. The molecule has 1 N–H and O–H groups in total. The van der Waals surface area contributed by atoms with Crippen molar-refractivity contribution in [3.8, 4) is 0 Å². The molecule has 2 heterocycles. The van der Waals surface area contributed by atoms with Crippen molar-refractivity contribution in [1.82, 2.24) is 19.5 Å². The van der Waals surface area contributed by atoms with Gasteiger partial charge in [-0.2, -0.15) is 0 Å². The van der Waals surface area contributed by atoms with Gasteiger partial charge in [0, 0.05) is 31.2 Å². The third kappa shape index (κ3) is 3.45. The van der Waals surface area contributed by atoms with Crippen LogP contribution >= 0.6 is 0 Å². The molecule has 0 saturated heterocycles. The lowest BCUT2D eigenvalue weighted by Crippen LogP contribution is -2.19. The summed E-state index contributed by atoms with van der Waals surface area (Å²) in [6.07, 6.45) is 7.72. The third-order valence-electron chi connectivity index (χ3n) is 4.03. The second kappa shape index (κ2) is 7.25. The predicted octanol–water partition coefficient (Wildman–Crippen LogP) is 3.67.